The van der Waals surface area contributed by atoms with E-state index in [2.05, 4.69) is 23.5 Å². The molecule has 3 aromatic rings. The van der Waals surface area contributed by atoms with Gasteiger partial charge in [-0.2, -0.15) is 0 Å². The first-order valence-electron chi connectivity index (χ1n) is 12.6. The molecule has 1 aromatic heterocycles. The summed E-state index contributed by atoms with van der Waals surface area (Å²) < 4.78 is 25.8. The van der Waals surface area contributed by atoms with E-state index in [-0.39, 0.29) is 12.1 Å². The predicted molar refractivity (Wildman–Crippen MR) is 133 cm³/mol. The van der Waals surface area contributed by atoms with Crippen LogP contribution in [0, 0.1) is 5.82 Å². The number of pyridine rings is 1. The third-order valence-electron chi connectivity index (χ3n) is 6.93. The molecule has 1 atom stereocenters. The lowest BCUT2D eigenvalue weighted by atomic mass is 9.95. The Bertz CT molecular complexity index is 1060. The molecule has 178 valence electrons. The summed E-state index contributed by atoms with van der Waals surface area (Å²) in [6.45, 7) is 1.82. The molecule has 2 heterocycles. The zero-order valence-corrected chi connectivity index (χ0v) is 19.6. The number of rotatable bonds is 8. The third kappa shape index (κ3) is 5.65. The molecule has 2 aliphatic rings. The van der Waals surface area contributed by atoms with E-state index in [1.807, 2.05) is 30.3 Å². The highest BCUT2D eigenvalue weighted by atomic mass is 19.1. The summed E-state index contributed by atoms with van der Waals surface area (Å²) in [6, 6.07) is 19.3. The summed E-state index contributed by atoms with van der Waals surface area (Å²) in [5.74, 6) is 1.08. The molecule has 34 heavy (non-hydrogen) atoms. The second kappa shape index (κ2) is 11.1. The molecule has 5 rings (SSSR count). The Balaban J connectivity index is 1.52. The van der Waals surface area contributed by atoms with Gasteiger partial charge in [0.1, 0.15) is 11.6 Å². The van der Waals surface area contributed by atoms with Crippen molar-refractivity contribution in [1.82, 2.24) is 4.98 Å². The number of ether oxygens (including phenoxy) is 2. The lowest BCUT2D eigenvalue weighted by molar-refractivity contribution is -0.168. The highest BCUT2D eigenvalue weighted by molar-refractivity contribution is 5.73. The molecule has 0 spiro atoms. The van der Waals surface area contributed by atoms with Gasteiger partial charge in [-0.25, -0.2) is 9.37 Å². The lowest BCUT2D eigenvalue weighted by Crippen LogP contribution is -2.22. The summed E-state index contributed by atoms with van der Waals surface area (Å²) in [7, 11) is 0. The van der Waals surface area contributed by atoms with Gasteiger partial charge in [0.2, 0.25) is 0 Å². The number of halogens is 1. The first kappa shape index (κ1) is 23.0. The number of hydrogen-bond acceptors (Lipinski definition) is 4. The second-order valence-corrected chi connectivity index (χ2v) is 9.36. The van der Waals surface area contributed by atoms with Crippen LogP contribution in [0.3, 0.4) is 0 Å². The van der Waals surface area contributed by atoms with Crippen molar-refractivity contribution in [2.45, 2.75) is 70.3 Å². The van der Waals surface area contributed by atoms with Crippen molar-refractivity contribution < 1.29 is 13.9 Å². The van der Waals surface area contributed by atoms with E-state index >= 15 is 0 Å². The molecule has 4 nitrogen and oxygen atoms in total. The fourth-order valence-corrected chi connectivity index (χ4v) is 5.00. The molecular weight excluding hydrogens is 427 g/mol. The maximum atomic E-state index is 13.7. The Morgan fingerprint density at radius 3 is 2.44 bits per heavy atom. The van der Waals surface area contributed by atoms with Crippen molar-refractivity contribution in [3.63, 3.8) is 0 Å². The highest BCUT2D eigenvalue weighted by Gasteiger charge is 2.24. The molecule has 0 radical (unpaired) electrons. The fraction of sp³-hybridized carbons (Fsp3) is 0.414. The Morgan fingerprint density at radius 2 is 1.71 bits per heavy atom. The summed E-state index contributed by atoms with van der Waals surface area (Å²) >= 11 is 0. The van der Waals surface area contributed by atoms with E-state index in [0.29, 0.717) is 19.1 Å². The molecule has 1 saturated heterocycles. The van der Waals surface area contributed by atoms with Gasteiger partial charge >= 0.3 is 0 Å². The lowest BCUT2D eigenvalue weighted by Gasteiger charge is -2.25. The van der Waals surface area contributed by atoms with Crippen LogP contribution >= 0.6 is 0 Å². The average molecular weight is 461 g/mol. The standard InChI is InChI=1S/C29H33FN2O2/c30-24-15-13-22(14-16-24)25-18-27(23-10-4-5-11-23)32-29(31-19-21-8-2-1-3-9-21)26(25)20-34-28-12-6-7-17-33-28/h1-3,8-9,13-16,18,23,28H,4-7,10-12,17,19-20H2,(H,31,32). The maximum absolute atomic E-state index is 13.7. The van der Waals surface area contributed by atoms with Crippen molar-refractivity contribution in [1.29, 1.82) is 0 Å². The van der Waals surface area contributed by atoms with Crippen molar-refractivity contribution in [2.24, 2.45) is 0 Å². The fourth-order valence-electron chi connectivity index (χ4n) is 5.00. The van der Waals surface area contributed by atoms with Crippen LogP contribution in [0.25, 0.3) is 11.1 Å². The van der Waals surface area contributed by atoms with Crippen LogP contribution in [0.15, 0.2) is 60.7 Å². The molecule has 5 heteroatoms. The minimum absolute atomic E-state index is 0.189. The summed E-state index contributed by atoms with van der Waals surface area (Å²) in [5, 5.41) is 3.60. The number of hydrogen-bond donors (Lipinski definition) is 1. The molecular formula is C29H33FN2O2. The van der Waals surface area contributed by atoms with E-state index in [9.17, 15) is 4.39 Å². The van der Waals surface area contributed by atoms with Crippen LogP contribution < -0.4 is 5.32 Å². The Hall–Kier alpha value is -2.76. The Kier molecular flexibility index (Phi) is 7.52. The van der Waals surface area contributed by atoms with Crippen LogP contribution in [-0.4, -0.2) is 17.9 Å². The summed E-state index contributed by atoms with van der Waals surface area (Å²) in [6.07, 6.45) is 7.75. The number of aromatic nitrogens is 1. The van der Waals surface area contributed by atoms with E-state index in [1.54, 1.807) is 0 Å². The topological polar surface area (TPSA) is 43.4 Å². The molecule has 2 fully saturated rings. The van der Waals surface area contributed by atoms with Crippen molar-refractivity contribution >= 4 is 5.82 Å². The van der Waals surface area contributed by atoms with Crippen LogP contribution in [0.4, 0.5) is 10.2 Å². The van der Waals surface area contributed by atoms with E-state index < -0.39 is 0 Å². The maximum Gasteiger partial charge on any atom is 0.158 e. The van der Waals surface area contributed by atoms with Gasteiger partial charge in [-0.3, -0.25) is 0 Å². The Labute approximate surface area is 201 Å². The zero-order chi connectivity index (χ0) is 23.2. The number of anilines is 1. The van der Waals surface area contributed by atoms with Crippen LogP contribution in [0.1, 0.15) is 67.7 Å². The molecule has 1 unspecified atom stereocenters. The first-order valence-corrected chi connectivity index (χ1v) is 12.6. The van der Waals surface area contributed by atoms with Crippen LogP contribution in [0.2, 0.25) is 0 Å². The van der Waals surface area contributed by atoms with Crippen molar-refractivity contribution in [2.75, 3.05) is 11.9 Å². The van der Waals surface area contributed by atoms with E-state index in [0.717, 1.165) is 54.1 Å². The molecule has 1 saturated carbocycles. The number of benzene rings is 2. The van der Waals surface area contributed by atoms with Gasteiger partial charge in [0.15, 0.2) is 6.29 Å². The van der Waals surface area contributed by atoms with Crippen LogP contribution in [-0.2, 0) is 22.6 Å². The minimum Gasteiger partial charge on any atom is -0.366 e. The highest BCUT2D eigenvalue weighted by Crippen LogP contribution is 2.38. The number of nitrogens with zero attached hydrogens (tertiary/aromatic N) is 1. The molecule has 2 aromatic carbocycles. The van der Waals surface area contributed by atoms with Gasteiger partial charge in [-0.1, -0.05) is 55.3 Å². The van der Waals surface area contributed by atoms with E-state index in [4.69, 9.17) is 14.5 Å². The van der Waals surface area contributed by atoms with Gasteiger partial charge in [-0.15, -0.1) is 0 Å². The van der Waals surface area contributed by atoms with Gasteiger partial charge in [0, 0.05) is 30.3 Å². The largest absolute Gasteiger partial charge is 0.366 e. The predicted octanol–water partition coefficient (Wildman–Crippen LogP) is 7.20. The van der Waals surface area contributed by atoms with Crippen LogP contribution in [0.5, 0.6) is 0 Å². The molecule has 1 aliphatic heterocycles. The van der Waals surface area contributed by atoms with Gasteiger partial charge in [0.05, 0.1) is 6.61 Å². The second-order valence-electron chi connectivity index (χ2n) is 9.36. The Morgan fingerprint density at radius 1 is 0.941 bits per heavy atom. The van der Waals surface area contributed by atoms with Crippen molar-refractivity contribution in [3.05, 3.63) is 83.3 Å². The molecule has 1 aliphatic carbocycles. The van der Waals surface area contributed by atoms with Gasteiger partial charge in [0.25, 0.3) is 0 Å². The number of nitrogens with one attached hydrogen (secondary N) is 1. The van der Waals surface area contributed by atoms with Gasteiger partial charge in [-0.05, 0) is 67.0 Å². The van der Waals surface area contributed by atoms with E-state index in [1.165, 1.54) is 43.4 Å². The molecule has 0 bridgehead atoms. The quantitative estimate of drug-likeness (QED) is 0.386. The first-order chi connectivity index (χ1) is 16.8. The minimum atomic E-state index is -0.232. The molecule has 1 N–H and O–H groups in total. The SMILES string of the molecule is Fc1ccc(-c2cc(C3CCCC3)nc(NCc3ccccc3)c2COC2CCCCO2)cc1. The monoisotopic (exact) mass is 460 g/mol. The summed E-state index contributed by atoms with van der Waals surface area (Å²) in [5.41, 5.74) is 5.35. The summed E-state index contributed by atoms with van der Waals surface area (Å²) in [4.78, 5) is 5.13. The third-order valence-corrected chi connectivity index (χ3v) is 6.93. The van der Waals surface area contributed by atoms with Crippen molar-refractivity contribution in [3.8, 4) is 11.1 Å². The average Bonchev–Trinajstić information content (AvgIpc) is 3.43. The zero-order valence-electron chi connectivity index (χ0n) is 19.6. The molecule has 0 amide bonds. The van der Waals surface area contributed by atoms with Gasteiger partial charge < -0.3 is 14.8 Å². The smallest absolute Gasteiger partial charge is 0.158 e. The normalized spacial score (nSPS) is 18.8.